The van der Waals surface area contributed by atoms with E-state index in [0.717, 1.165) is 0 Å². The summed E-state index contributed by atoms with van der Waals surface area (Å²) in [5.74, 6) is -3.99. The molecular weight excluding hydrogens is 458 g/mol. The van der Waals surface area contributed by atoms with Gasteiger partial charge in [0, 0.05) is 6.42 Å². The summed E-state index contributed by atoms with van der Waals surface area (Å²) in [5, 5.41) is 26.0. The molecule has 12 nitrogen and oxygen atoms in total. The number of primary amides is 1. The number of benzene rings is 1. The van der Waals surface area contributed by atoms with Gasteiger partial charge in [-0.2, -0.15) is 0 Å². The van der Waals surface area contributed by atoms with Gasteiger partial charge in [-0.1, -0.05) is 26.0 Å². The number of nitrogens with two attached hydrogens (primary N) is 2. The Morgan fingerprint density at radius 2 is 1.46 bits per heavy atom. The molecule has 12 heteroatoms. The van der Waals surface area contributed by atoms with Gasteiger partial charge in [-0.15, -0.1) is 0 Å². The normalized spacial score (nSPS) is 14.3. The van der Waals surface area contributed by atoms with Crippen LogP contribution >= 0.6 is 0 Å². The summed E-state index contributed by atoms with van der Waals surface area (Å²) in [4.78, 5) is 60.4. The van der Waals surface area contributed by atoms with Crippen LogP contribution in [0, 0.1) is 5.92 Å². The molecule has 4 atom stereocenters. The highest BCUT2D eigenvalue weighted by molar-refractivity contribution is 5.94. The fourth-order valence-electron chi connectivity index (χ4n) is 3.18. The van der Waals surface area contributed by atoms with Crippen LogP contribution in [0.2, 0.25) is 0 Å². The van der Waals surface area contributed by atoms with Crippen molar-refractivity contribution in [3.8, 4) is 5.75 Å². The van der Waals surface area contributed by atoms with Crippen molar-refractivity contribution < 1.29 is 34.2 Å². The molecule has 0 saturated heterocycles. The van der Waals surface area contributed by atoms with Crippen LogP contribution in [-0.4, -0.2) is 64.0 Å². The molecule has 1 aromatic carbocycles. The molecule has 0 saturated carbocycles. The minimum Gasteiger partial charge on any atom is -0.508 e. The first kappa shape index (κ1) is 29.4. The molecule has 1 aromatic rings. The van der Waals surface area contributed by atoms with E-state index in [0.29, 0.717) is 5.56 Å². The van der Waals surface area contributed by atoms with Gasteiger partial charge in [0.25, 0.3) is 0 Å². The van der Waals surface area contributed by atoms with Crippen molar-refractivity contribution in [2.75, 3.05) is 0 Å². The van der Waals surface area contributed by atoms with Gasteiger partial charge in [-0.3, -0.25) is 19.2 Å². The number of hydrogen-bond donors (Lipinski definition) is 7. The maximum atomic E-state index is 12.7. The van der Waals surface area contributed by atoms with Crippen molar-refractivity contribution >= 4 is 29.6 Å². The second kappa shape index (κ2) is 13.9. The van der Waals surface area contributed by atoms with Crippen molar-refractivity contribution in [3.05, 3.63) is 29.8 Å². The van der Waals surface area contributed by atoms with Gasteiger partial charge >= 0.3 is 5.97 Å². The Kier molecular flexibility index (Phi) is 11.7. The zero-order valence-corrected chi connectivity index (χ0v) is 20.1. The molecule has 0 heterocycles. The van der Waals surface area contributed by atoms with E-state index in [1.54, 1.807) is 26.0 Å². The van der Waals surface area contributed by atoms with Crippen LogP contribution in [0.1, 0.15) is 45.6 Å². The van der Waals surface area contributed by atoms with Crippen molar-refractivity contribution in [3.63, 3.8) is 0 Å². The molecule has 4 unspecified atom stereocenters. The smallest absolute Gasteiger partial charge is 0.326 e. The largest absolute Gasteiger partial charge is 0.508 e. The lowest BCUT2D eigenvalue weighted by Gasteiger charge is -2.24. The Hall–Kier alpha value is -3.67. The van der Waals surface area contributed by atoms with E-state index in [1.165, 1.54) is 19.1 Å². The molecule has 0 aliphatic carbocycles. The number of rotatable bonds is 14. The summed E-state index contributed by atoms with van der Waals surface area (Å²) >= 11 is 0. The zero-order valence-electron chi connectivity index (χ0n) is 20.1. The number of amides is 4. The quantitative estimate of drug-likeness (QED) is 0.172. The van der Waals surface area contributed by atoms with Crippen molar-refractivity contribution in [1.29, 1.82) is 0 Å². The van der Waals surface area contributed by atoms with E-state index in [-0.39, 0.29) is 37.4 Å². The molecule has 194 valence electrons. The maximum Gasteiger partial charge on any atom is 0.326 e. The SMILES string of the molecule is CC(C)CC(NC(=O)C(CCC(N)=O)NC(=O)C(C)NC(=O)C(N)Cc1ccc(O)cc1)C(=O)O. The molecule has 0 radical (unpaired) electrons. The molecule has 0 spiro atoms. The van der Waals surface area contributed by atoms with Gasteiger partial charge < -0.3 is 37.6 Å². The Bertz CT molecular complexity index is 904. The monoisotopic (exact) mass is 493 g/mol. The molecule has 1 rings (SSSR count). The number of carboxylic acid groups (broad SMARTS) is 1. The van der Waals surface area contributed by atoms with Crippen LogP contribution in [0.3, 0.4) is 0 Å². The number of aromatic hydroxyl groups is 1. The molecule has 35 heavy (non-hydrogen) atoms. The molecule has 0 aliphatic heterocycles. The molecule has 0 bridgehead atoms. The standard InChI is InChI=1S/C23H35N5O7/c1-12(2)10-18(23(34)35)28-22(33)17(8-9-19(25)30)27-20(31)13(3)26-21(32)16(24)11-14-4-6-15(29)7-5-14/h4-7,12-13,16-18,29H,8-11,24H2,1-3H3,(H2,25,30)(H,26,32)(H,27,31)(H,28,33)(H,34,35). The Labute approximate surface area is 203 Å². The molecule has 0 fully saturated rings. The fourth-order valence-corrected chi connectivity index (χ4v) is 3.18. The number of carbonyl (C=O) groups is 5. The summed E-state index contributed by atoms with van der Waals surface area (Å²) < 4.78 is 0. The van der Waals surface area contributed by atoms with Gasteiger partial charge in [0.05, 0.1) is 6.04 Å². The van der Waals surface area contributed by atoms with E-state index in [2.05, 4.69) is 16.0 Å². The first-order chi connectivity index (χ1) is 16.3. The van der Waals surface area contributed by atoms with Gasteiger partial charge in [0.2, 0.25) is 23.6 Å². The zero-order chi connectivity index (χ0) is 26.7. The maximum absolute atomic E-state index is 12.7. The van der Waals surface area contributed by atoms with Gasteiger partial charge in [-0.05, 0) is 49.8 Å². The van der Waals surface area contributed by atoms with Gasteiger partial charge in [-0.25, -0.2) is 4.79 Å². The van der Waals surface area contributed by atoms with Crippen LogP contribution in [0.5, 0.6) is 5.75 Å². The number of hydrogen-bond acceptors (Lipinski definition) is 7. The number of nitrogens with one attached hydrogen (secondary N) is 3. The van der Waals surface area contributed by atoms with Crippen LogP contribution in [0.15, 0.2) is 24.3 Å². The Morgan fingerprint density at radius 1 is 0.886 bits per heavy atom. The lowest BCUT2D eigenvalue weighted by molar-refractivity contribution is -0.143. The number of carboxylic acids is 1. The van der Waals surface area contributed by atoms with Gasteiger partial charge in [0.15, 0.2) is 0 Å². The van der Waals surface area contributed by atoms with Crippen LogP contribution in [0.25, 0.3) is 0 Å². The predicted octanol–water partition coefficient (Wildman–Crippen LogP) is -0.867. The lowest BCUT2D eigenvalue weighted by atomic mass is 10.0. The lowest BCUT2D eigenvalue weighted by Crippen LogP contribution is -2.56. The van der Waals surface area contributed by atoms with E-state index in [9.17, 15) is 34.2 Å². The minimum atomic E-state index is -1.24. The summed E-state index contributed by atoms with van der Waals surface area (Å²) in [7, 11) is 0. The topological polar surface area (TPSA) is 214 Å². The van der Waals surface area contributed by atoms with E-state index >= 15 is 0 Å². The predicted molar refractivity (Wildman–Crippen MR) is 127 cm³/mol. The first-order valence-electron chi connectivity index (χ1n) is 11.3. The second-order valence-electron chi connectivity index (χ2n) is 8.80. The highest BCUT2D eigenvalue weighted by Crippen LogP contribution is 2.11. The van der Waals surface area contributed by atoms with Crippen molar-refractivity contribution in [2.24, 2.45) is 17.4 Å². The highest BCUT2D eigenvalue weighted by Gasteiger charge is 2.29. The third-order valence-corrected chi connectivity index (χ3v) is 5.11. The number of phenols is 1. The van der Waals surface area contributed by atoms with Crippen LogP contribution in [0.4, 0.5) is 0 Å². The third-order valence-electron chi connectivity index (χ3n) is 5.11. The van der Waals surface area contributed by atoms with E-state index in [1.807, 2.05) is 0 Å². The average Bonchev–Trinajstić information content (AvgIpc) is 2.76. The third kappa shape index (κ3) is 10.9. The molecular formula is C23H35N5O7. The average molecular weight is 494 g/mol. The summed E-state index contributed by atoms with van der Waals surface area (Å²) in [6.07, 6.45) is -0.0417. The number of phenolic OH excluding ortho intramolecular Hbond substituents is 1. The molecule has 4 amide bonds. The van der Waals surface area contributed by atoms with Crippen LogP contribution < -0.4 is 27.4 Å². The summed E-state index contributed by atoms with van der Waals surface area (Å²) in [5.41, 5.74) is 11.8. The highest BCUT2D eigenvalue weighted by atomic mass is 16.4. The van der Waals surface area contributed by atoms with Crippen LogP contribution in [-0.2, 0) is 30.4 Å². The van der Waals surface area contributed by atoms with Crippen molar-refractivity contribution in [1.82, 2.24) is 16.0 Å². The Balaban J connectivity index is 2.78. The Morgan fingerprint density at radius 3 is 1.97 bits per heavy atom. The number of aliphatic carboxylic acids is 1. The summed E-state index contributed by atoms with van der Waals surface area (Å²) in [6, 6.07) is 1.68. The van der Waals surface area contributed by atoms with E-state index < -0.39 is 53.8 Å². The fraction of sp³-hybridized carbons (Fsp3) is 0.522. The first-order valence-corrected chi connectivity index (χ1v) is 11.3. The molecule has 9 N–H and O–H groups in total. The second-order valence-corrected chi connectivity index (χ2v) is 8.80. The van der Waals surface area contributed by atoms with Crippen molar-refractivity contribution in [2.45, 2.75) is 70.6 Å². The summed E-state index contributed by atoms with van der Waals surface area (Å²) in [6.45, 7) is 4.98. The number of carbonyl (C=O) groups excluding carboxylic acids is 4. The van der Waals surface area contributed by atoms with E-state index in [4.69, 9.17) is 11.5 Å². The minimum absolute atomic E-state index is 0.0175. The van der Waals surface area contributed by atoms with Gasteiger partial charge in [0.1, 0.15) is 23.9 Å². The molecule has 0 aliphatic rings. The molecule has 0 aromatic heterocycles.